The molecule has 0 bridgehead atoms. The number of carbonyl (C=O) groups excluding carboxylic acids is 2. The van der Waals surface area contributed by atoms with Crippen molar-refractivity contribution in [2.45, 2.75) is 51.3 Å². The standard InChI is InChI=1S/C14H25N3O3/c1-9(2)14(20)17-5-3-10(4-6-17)16-13(19)12-7-11(18)8-15-12/h9-12,15,18H,3-8H2,1-2H3,(H,16,19). The molecule has 0 aromatic rings. The van der Waals surface area contributed by atoms with E-state index in [1.54, 1.807) is 0 Å². The summed E-state index contributed by atoms with van der Waals surface area (Å²) in [6, 6.07) is -0.140. The van der Waals surface area contributed by atoms with Crippen molar-refractivity contribution in [3.63, 3.8) is 0 Å². The van der Waals surface area contributed by atoms with Gasteiger partial charge in [0.15, 0.2) is 0 Å². The Morgan fingerprint density at radius 3 is 2.45 bits per heavy atom. The Balaban J connectivity index is 1.74. The molecule has 3 N–H and O–H groups in total. The number of rotatable bonds is 3. The van der Waals surface area contributed by atoms with Crippen molar-refractivity contribution in [1.82, 2.24) is 15.5 Å². The summed E-state index contributed by atoms with van der Waals surface area (Å²) in [5.74, 6) is 0.191. The van der Waals surface area contributed by atoms with E-state index in [9.17, 15) is 14.7 Å². The first-order valence-electron chi connectivity index (χ1n) is 7.48. The molecule has 20 heavy (non-hydrogen) atoms. The lowest BCUT2D eigenvalue weighted by Gasteiger charge is -2.33. The molecule has 6 nitrogen and oxygen atoms in total. The minimum Gasteiger partial charge on any atom is -0.392 e. The maximum Gasteiger partial charge on any atom is 0.237 e. The van der Waals surface area contributed by atoms with Crippen LogP contribution in [0.15, 0.2) is 0 Å². The third-order valence-corrected chi connectivity index (χ3v) is 4.07. The van der Waals surface area contributed by atoms with Crippen LogP contribution in [0.1, 0.15) is 33.1 Å². The zero-order valence-corrected chi connectivity index (χ0v) is 12.3. The molecular formula is C14H25N3O3. The molecule has 2 saturated heterocycles. The number of β-amino-alcohol motifs (C(OH)–C–C–N with tert-alkyl or cyclic N) is 1. The Labute approximate surface area is 119 Å². The lowest BCUT2D eigenvalue weighted by Crippen LogP contribution is -2.50. The molecule has 0 aromatic heterocycles. The van der Waals surface area contributed by atoms with E-state index in [-0.39, 0.29) is 29.8 Å². The van der Waals surface area contributed by atoms with Gasteiger partial charge in [-0.25, -0.2) is 0 Å². The van der Waals surface area contributed by atoms with Crippen LogP contribution in [0.3, 0.4) is 0 Å². The molecule has 2 amide bonds. The topological polar surface area (TPSA) is 81.7 Å². The van der Waals surface area contributed by atoms with Crippen molar-refractivity contribution in [1.29, 1.82) is 0 Å². The number of aliphatic hydroxyl groups is 1. The van der Waals surface area contributed by atoms with E-state index in [0.717, 1.165) is 12.8 Å². The highest BCUT2D eigenvalue weighted by Crippen LogP contribution is 2.14. The average molecular weight is 283 g/mol. The molecule has 2 atom stereocenters. The SMILES string of the molecule is CC(C)C(=O)N1CCC(NC(=O)C2CC(O)CN2)CC1. The first-order valence-corrected chi connectivity index (χ1v) is 7.48. The van der Waals surface area contributed by atoms with Crippen molar-refractivity contribution in [2.75, 3.05) is 19.6 Å². The largest absolute Gasteiger partial charge is 0.392 e. The van der Waals surface area contributed by atoms with Gasteiger partial charge in [-0.05, 0) is 19.3 Å². The number of piperidine rings is 1. The predicted octanol–water partition coefficient (Wildman–Crippen LogP) is -0.528. The van der Waals surface area contributed by atoms with Gasteiger partial charge in [0.25, 0.3) is 0 Å². The monoisotopic (exact) mass is 283 g/mol. The van der Waals surface area contributed by atoms with Gasteiger partial charge in [0.05, 0.1) is 12.1 Å². The number of hydrogen-bond donors (Lipinski definition) is 3. The summed E-state index contributed by atoms with van der Waals surface area (Å²) in [7, 11) is 0. The smallest absolute Gasteiger partial charge is 0.237 e. The molecule has 0 aromatic carbocycles. The van der Waals surface area contributed by atoms with Crippen molar-refractivity contribution >= 4 is 11.8 Å². The molecule has 2 aliphatic heterocycles. The summed E-state index contributed by atoms with van der Waals surface area (Å²) in [5, 5.41) is 15.4. The summed E-state index contributed by atoms with van der Waals surface area (Å²) in [4.78, 5) is 25.8. The van der Waals surface area contributed by atoms with Crippen LogP contribution in [0.2, 0.25) is 0 Å². The fourth-order valence-electron chi connectivity index (χ4n) is 2.83. The van der Waals surface area contributed by atoms with Crippen LogP contribution >= 0.6 is 0 Å². The number of nitrogens with one attached hydrogen (secondary N) is 2. The van der Waals surface area contributed by atoms with Gasteiger partial charge in [-0.15, -0.1) is 0 Å². The molecule has 2 rings (SSSR count). The first kappa shape index (κ1) is 15.3. The van der Waals surface area contributed by atoms with E-state index in [4.69, 9.17) is 0 Å². The van der Waals surface area contributed by atoms with Crippen LogP contribution < -0.4 is 10.6 Å². The highest BCUT2D eigenvalue weighted by molar-refractivity contribution is 5.82. The van der Waals surface area contributed by atoms with Gasteiger partial charge < -0.3 is 20.6 Å². The second-order valence-corrected chi connectivity index (χ2v) is 6.11. The zero-order chi connectivity index (χ0) is 14.7. The minimum atomic E-state index is -0.420. The fraction of sp³-hybridized carbons (Fsp3) is 0.857. The Morgan fingerprint density at radius 1 is 1.30 bits per heavy atom. The molecule has 0 aliphatic carbocycles. The van der Waals surface area contributed by atoms with Crippen LogP contribution in [0.4, 0.5) is 0 Å². The second-order valence-electron chi connectivity index (χ2n) is 6.11. The van der Waals surface area contributed by atoms with E-state index >= 15 is 0 Å². The fourth-order valence-corrected chi connectivity index (χ4v) is 2.83. The van der Waals surface area contributed by atoms with Crippen LogP contribution in [0, 0.1) is 5.92 Å². The van der Waals surface area contributed by atoms with Gasteiger partial charge >= 0.3 is 0 Å². The highest BCUT2D eigenvalue weighted by Gasteiger charge is 2.31. The zero-order valence-electron chi connectivity index (χ0n) is 12.3. The number of carbonyl (C=O) groups is 2. The normalized spacial score (nSPS) is 27.9. The second kappa shape index (κ2) is 6.54. The minimum absolute atomic E-state index is 0.0322. The number of amides is 2. The molecule has 0 radical (unpaired) electrons. The molecule has 0 saturated carbocycles. The molecule has 2 unspecified atom stereocenters. The number of nitrogens with zero attached hydrogens (tertiary/aromatic N) is 1. The van der Waals surface area contributed by atoms with Crippen LogP contribution in [-0.4, -0.2) is 59.6 Å². The molecule has 2 aliphatic rings. The van der Waals surface area contributed by atoms with Gasteiger partial charge in [-0.3, -0.25) is 9.59 Å². The Hall–Kier alpha value is -1.14. The molecule has 6 heteroatoms. The van der Waals surface area contributed by atoms with E-state index in [2.05, 4.69) is 10.6 Å². The summed E-state index contributed by atoms with van der Waals surface area (Å²) < 4.78 is 0. The van der Waals surface area contributed by atoms with Crippen LogP contribution in [-0.2, 0) is 9.59 Å². The van der Waals surface area contributed by atoms with Gasteiger partial charge in [0.1, 0.15) is 0 Å². The number of hydrogen-bond acceptors (Lipinski definition) is 4. The van der Waals surface area contributed by atoms with E-state index < -0.39 is 6.10 Å². The van der Waals surface area contributed by atoms with Crippen molar-refractivity contribution in [3.05, 3.63) is 0 Å². The molecular weight excluding hydrogens is 258 g/mol. The lowest BCUT2D eigenvalue weighted by molar-refractivity contribution is -0.135. The van der Waals surface area contributed by atoms with Gasteiger partial charge in [-0.2, -0.15) is 0 Å². The Kier molecular flexibility index (Phi) is 4.99. The molecule has 2 heterocycles. The van der Waals surface area contributed by atoms with E-state index in [1.807, 2.05) is 18.7 Å². The van der Waals surface area contributed by atoms with Crippen LogP contribution in [0.25, 0.3) is 0 Å². The highest BCUT2D eigenvalue weighted by atomic mass is 16.3. The average Bonchev–Trinajstić information content (AvgIpc) is 2.85. The number of likely N-dealkylation sites (tertiary alicyclic amines) is 1. The summed E-state index contributed by atoms with van der Waals surface area (Å²) in [5.41, 5.74) is 0. The first-order chi connectivity index (χ1) is 9.47. The third kappa shape index (κ3) is 3.70. The number of aliphatic hydroxyl groups excluding tert-OH is 1. The van der Waals surface area contributed by atoms with Gasteiger partial charge in [-0.1, -0.05) is 13.8 Å². The molecule has 0 spiro atoms. The maximum atomic E-state index is 12.0. The molecule has 2 fully saturated rings. The van der Waals surface area contributed by atoms with Crippen molar-refractivity contribution in [3.8, 4) is 0 Å². The summed E-state index contributed by atoms with van der Waals surface area (Å²) >= 11 is 0. The summed E-state index contributed by atoms with van der Waals surface area (Å²) in [6.07, 6.45) is 1.67. The maximum absolute atomic E-state index is 12.0. The predicted molar refractivity (Wildman–Crippen MR) is 75.0 cm³/mol. The van der Waals surface area contributed by atoms with Gasteiger partial charge in [0.2, 0.25) is 11.8 Å². The third-order valence-electron chi connectivity index (χ3n) is 4.07. The molecule has 114 valence electrons. The van der Waals surface area contributed by atoms with Crippen molar-refractivity contribution in [2.24, 2.45) is 5.92 Å². The van der Waals surface area contributed by atoms with Crippen molar-refractivity contribution < 1.29 is 14.7 Å². The lowest BCUT2D eigenvalue weighted by atomic mass is 10.0. The van der Waals surface area contributed by atoms with E-state index in [0.29, 0.717) is 26.1 Å². The van der Waals surface area contributed by atoms with E-state index in [1.165, 1.54) is 0 Å². The quantitative estimate of drug-likeness (QED) is 0.650. The summed E-state index contributed by atoms with van der Waals surface area (Å²) in [6.45, 7) is 5.73. The Bertz CT molecular complexity index is 365. The van der Waals surface area contributed by atoms with Gasteiger partial charge in [0, 0.05) is 31.6 Å². The Morgan fingerprint density at radius 2 is 1.95 bits per heavy atom. The van der Waals surface area contributed by atoms with Crippen LogP contribution in [0.5, 0.6) is 0 Å².